The molecular formula is C15H16N2. The Morgan fingerprint density at radius 2 is 1.88 bits per heavy atom. The average Bonchev–Trinajstić information content (AvgIpc) is 2.67. The molecule has 1 heterocycles. The minimum Gasteiger partial charge on any atom is -0.350 e. The van der Waals surface area contributed by atoms with Crippen molar-refractivity contribution in [1.29, 1.82) is 0 Å². The number of rotatable bonds is 2. The van der Waals surface area contributed by atoms with Crippen molar-refractivity contribution in [3.05, 3.63) is 48.2 Å². The summed E-state index contributed by atoms with van der Waals surface area (Å²) in [6, 6.07) is 12.9. The molecule has 0 bridgehead atoms. The smallest absolute Gasteiger partial charge is 0.0560 e. The van der Waals surface area contributed by atoms with E-state index in [0.717, 1.165) is 6.42 Å². The van der Waals surface area contributed by atoms with E-state index in [9.17, 15) is 0 Å². The van der Waals surface area contributed by atoms with Gasteiger partial charge in [-0.1, -0.05) is 36.4 Å². The number of fused-ring (bicyclic) bond motifs is 3. The molecule has 0 saturated heterocycles. The highest BCUT2D eigenvalue weighted by molar-refractivity contribution is 6.07. The number of hydrogen-bond acceptors (Lipinski definition) is 1. The Balaban J connectivity index is 2.42. The summed E-state index contributed by atoms with van der Waals surface area (Å²) in [4.78, 5) is 0. The van der Waals surface area contributed by atoms with E-state index >= 15 is 0 Å². The minimum absolute atomic E-state index is 0.700. The first-order valence-corrected chi connectivity index (χ1v) is 5.97. The Kier molecular flexibility index (Phi) is 2.37. The maximum Gasteiger partial charge on any atom is 0.0560 e. The molecule has 0 spiro atoms. The largest absolute Gasteiger partial charge is 0.350 e. The van der Waals surface area contributed by atoms with E-state index in [-0.39, 0.29) is 0 Å². The summed E-state index contributed by atoms with van der Waals surface area (Å²) in [6.07, 6.45) is 3.14. The van der Waals surface area contributed by atoms with E-state index in [2.05, 4.69) is 54.2 Å². The number of nitrogens with zero attached hydrogens (tertiary/aromatic N) is 1. The van der Waals surface area contributed by atoms with Gasteiger partial charge in [0.1, 0.15) is 0 Å². The number of benzene rings is 2. The van der Waals surface area contributed by atoms with Gasteiger partial charge in [0.25, 0.3) is 0 Å². The standard InChI is InChI=1S/C15H16N2/c1-17-10-12(8-9-16)14-7-6-11-4-2-3-5-13(11)15(14)17/h2-7,10H,8-9,16H2,1H3. The molecule has 3 aromatic rings. The normalized spacial score (nSPS) is 11.4. The Morgan fingerprint density at radius 3 is 2.71 bits per heavy atom. The zero-order valence-electron chi connectivity index (χ0n) is 9.98. The van der Waals surface area contributed by atoms with Crippen LogP contribution in [0.4, 0.5) is 0 Å². The molecule has 0 atom stereocenters. The maximum absolute atomic E-state index is 5.66. The van der Waals surface area contributed by atoms with Gasteiger partial charge in [-0.05, 0) is 23.9 Å². The highest BCUT2D eigenvalue weighted by Gasteiger charge is 2.08. The van der Waals surface area contributed by atoms with Gasteiger partial charge >= 0.3 is 0 Å². The van der Waals surface area contributed by atoms with Crippen LogP contribution >= 0.6 is 0 Å². The first-order valence-electron chi connectivity index (χ1n) is 5.97. The van der Waals surface area contributed by atoms with Crippen LogP contribution in [0.3, 0.4) is 0 Å². The van der Waals surface area contributed by atoms with Crippen LogP contribution in [0.5, 0.6) is 0 Å². The lowest BCUT2D eigenvalue weighted by molar-refractivity contribution is 0.930. The molecule has 2 nitrogen and oxygen atoms in total. The molecule has 17 heavy (non-hydrogen) atoms. The van der Waals surface area contributed by atoms with Gasteiger partial charge in [0.2, 0.25) is 0 Å². The average molecular weight is 224 g/mol. The van der Waals surface area contributed by atoms with E-state index in [4.69, 9.17) is 5.73 Å². The molecule has 0 saturated carbocycles. The molecular weight excluding hydrogens is 208 g/mol. The summed E-state index contributed by atoms with van der Waals surface area (Å²) in [5.41, 5.74) is 8.32. The highest BCUT2D eigenvalue weighted by atomic mass is 14.9. The fourth-order valence-electron chi connectivity index (χ4n) is 2.62. The van der Waals surface area contributed by atoms with Crippen molar-refractivity contribution >= 4 is 21.7 Å². The van der Waals surface area contributed by atoms with Crippen LogP contribution in [0.1, 0.15) is 5.56 Å². The highest BCUT2D eigenvalue weighted by Crippen LogP contribution is 2.28. The number of aryl methyl sites for hydroxylation is 1. The lowest BCUT2D eigenvalue weighted by Gasteiger charge is -2.02. The summed E-state index contributed by atoms with van der Waals surface area (Å²) in [5.74, 6) is 0. The topological polar surface area (TPSA) is 30.9 Å². The second-order valence-electron chi connectivity index (χ2n) is 4.49. The third kappa shape index (κ3) is 1.53. The molecule has 3 rings (SSSR count). The summed E-state index contributed by atoms with van der Waals surface area (Å²) in [5, 5.41) is 3.94. The molecule has 0 amide bonds. The van der Waals surface area contributed by atoms with Gasteiger partial charge < -0.3 is 10.3 Å². The number of nitrogens with two attached hydrogens (primary N) is 1. The number of hydrogen-bond donors (Lipinski definition) is 1. The van der Waals surface area contributed by atoms with Crippen molar-refractivity contribution in [2.45, 2.75) is 6.42 Å². The molecule has 0 fully saturated rings. The van der Waals surface area contributed by atoms with Crippen LogP contribution in [-0.4, -0.2) is 11.1 Å². The summed E-state index contributed by atoms with van der Waals surface area (Å²) < 4.78 is 2.21. The summed E-state index contributed by atoms with van der Waals surface area (Å²) in [7, 11) is 2.11. The van der Waals surface area contributed by atoms with Crippen LogP contribution in [0.25, 0.3) is 21.7 Å². The van der Waals surface area contributed by atoms with E-state index in [1.54, 1.807) is 0 Å². The second kappa shape index (κ2) is 3.90. The monoisotopic (exact) mass is 224 g/mol. The molecule has 86 valence electrons. The van der Waals surface area contributed by atoms with Crippen LogP contribution in [0, 0.1) is 0 Å². The molecule has 2 heteroatoms. The molecule has 0 radical (unpaired) electrons. The Labute approximate surface area is 101 Å². The zero-order valence-corrected chi connectivity index (χ0v) is 9.98. The third-order valence-corrected chi connectivity index (χ3v) is 3.36. The van der Waals surface area contributed by atoms with Crippen molar-refractivity contribution in [2.75, 3.05) is 6.54 Å². The van der Waals surface area contributed by atoms with Crippen LogP contribution < -0.4 is 5.73 Å². The maximum atomic E-state index is 5.66. The quantitative estimate of drug-likeness (QED) is 0.713. The predicted molar refractivity (Wildman–Crippen MR) is 73.2 cm³/mol. The lowest BCUT2D eigenvalue weighted by atomic mass is 10.0. The van der Waals surface area contributed by atoms with Crippen molar-refractivity contribution in [3.8, 4) is 0 Å². The van der Waals surface area contributed by atoms with E-state index in [1.165, 1.54) is 27.2 Å². The van der Waals surface area contributed by atoms with Gasteiger partial charge in [0.15, 0.2) is 0 Å². The summed E-state index contributed by atoms with van der Waals surface area (Å²) >= 11 is 0. The molecule has 2 N–H and O–H groups in total. The van der Waals surface area contributed by atoms with Crippen LogP contribution in [-0.2, 0) is 13.5 Å². The third-order valence-electron chi connectivity index (χ3n) is 3.36. The van der Waals surface area contributed by atoms with Crippen molar-refractivity contribution in [3.63, 3.8) is 0 Å². The Bertz CT molecular complexity index is 680. The van der Waals surface area contributed by atoms with Gasteiger partial charge in [0.05, 0.1) is 5.52 Å². The molecule has 0 aliphatic rings. The Hall–Kier alpha value is -1.80. The minimum atomic E-state index is 0.700. The summed E-state index contributed by atoms with van der Waals surface area (Å²) in [6.45, 7) is 0.700. The van der Waals surface area contributed by atoms with Gasteiger partial charge in [-0.15, -0.1) is 0 Å². The predicted octanol–water partition coefficient (Wildman–Crippen LogP) is 2.83. The van der Waals surface area contributed by atoms with Crippen molar-refractivity contribution in [1.82, 2.24) is 4.57 Å². The van der Waals surface area contributed by atoms with E-state index in [0.29, 0.717) is 6.54 Å². The van der Waals surface area contributed by atoms with Gasteiger partial charge in [0, 0.05) is 24.0 Å². The van der Waals surface area contributed by atoms with Gasteiger partial charge in [-0.25, -0.2) is 0 Å². The first kappa shape index (κ1) is 10.4. The van der Waals surface area contributed by atoms with E-state index in [1.807, 2.05) is 0 Å². The molecule has 0 aliphatic carbocycles. The lowest BCUT2D eigenvalue weighted by Crippen LogP contribution is -2.01. The van der Waals surface area contributed by atoms with Crippen molar-refractivity contribution < 1.29 is 0 Å². The molecule has 0 aliphatic heterocycles. The fourth-order valence-corrected chi connectivity index (χ4v) is 2.62. The van der Waals surface area contributed by atoms with E-state index < -0.39 is 0 Å². The van der Waals surface area contributed by atoms with Crippen LogP contribution in [0.15, 0.2) is 42.6 Å². The molecule has 0 unspecified atom stereocenters. The SMILES string of the molecule is Cn1cc(CCN)c2ccc3ccccc3c21. The van der Waals surface area contributed by atoms with Crippen molar-refractivity contribution in [2.24, 2.45) is 12.8 Å². The fraction of sp³-hybridized carbons (Fsp3) is 0.200. The van der Waals surface area contributed by atoms with Gasteiger partial charge in [-0.3, -0.25) is 0 Å². The zero-order chi connectivity index (χ0) is 11.8. The first-order chi connectivity index (χ1) is 8.31. The Morgan fingerprint density at radius 1 is 1.06 bits per heavy atom. The molecule has 2 aromatic carbocycles. The number of aromatic nitrogens is 1. The second-order valence-corrected chi connectivity index (χ2v) is 4.49. The van der Waals surface area contributed by atoms with Crippen LogP contribution in [0.2, 0.25) is 0 Å². The molecule has 1 aromatic heterocycles. The van der Waals surface area contributed by atoms with Gasteiger partial charge in [-0.2, -0.15) is 0 Å².